The van der Waals surface area contributed by atoms with Gasteiger partial charge in [0, 0.05) is 65.3 Å². The minimum absolute atomic E-state index is 0.760. The van der Waals surface area contributed by atoms with E-state index < -0.39 is 0 Å². The highest BCUT2D eigenvalue weighted by molar-refractivity contribution is 5.80. The van der Waals surface area contributed by atoms with Crippen LogP contribution in [0.3, 0.4) is 0 Å². The molecule has 0 saturated carbocycles. The summed E-state index contributed by atoms with van der Waals surface area (Å²) < 4.78 is 0. The molecule has 0 radical (unpaired) electrons. The van der Waals surface area contributed by atoms with Gasteiger partial charge in [-0.1, -0.05) is 6.07 Å². The second kappa shape index (κ2) is 8.91. The summed E-state index contributed by atoms with van der Waals surface area (Å²) in [7, 11) is 1.86. The van der Waals surface area contributed by atoms with Crippen molar-refractivity contribution in [3.63, 3.8) is 0 Å². The van der Waals surface area contributed by atoms with Crippen molar-refractivity contribution in [2.75, 3.05) is 56.1 Å². The Morgan fingerprint density at radius 2 is 1.68 bits per heavy atom. The molecule has 2 aliphatic heterocycles. The lowest BCUT2D eigenvalue weighted by molar-refractivity contribution is 0.371. The molecule has 148 valence electrons. The van der Waals surface area contributed by atoms with Crippen LogP contribution in [-0.2, 0) is 6.54 Å². The molecule has 0 bridgehead atoms. The standard InChI is InChI=1S/C21H29N7/c1-22-21(28-14-12-27(13-15-28)19-6-2-3-8-23-19)25-17-18-7-9-24-20(16-18)26-10-4-5-11-26/h2-3,6-9,16H,4-5,10-15,17H2,1H3,(H,22,25). The van der Waals surface area contributed by atoms with Crippen molar-refractivity contribution in [3.8, 4) is 0 Å². The highest BCUT2D eigenvalue weighted by atomic mass is 15.4. The Labute approximate surface area is 167 Å². The summed E-state index contributed by atoms with van der Waals surface area (Å²) in [5.41, 5.74) is 1.24. The molecule has 0 aliphatic carbocycles. The van der Waals surface area contributed by atoms with Gasteiger partial charge in [-0.05, 0) is 42.7 Å². The first-order valence-corrected chi connectivity index (χ1v) is 10.1. The van der Waals surface area contributed by atoms with Gasteiger partial charge >= 0.3 is 0 Å². The molecule has 0 spiro atoms. The van der Waals surface area contributed by atoms with E-state index in [0.29, 0.717) is 0 Å². The number of rotatable bonds is 4. The molecule has 0 amide bonds. The summed E-state index contributed by atoms with van der Waals surface area (Å²) in [6.07, 6.45) is 6.30. The minimum atomic E-state index is 0.760. The van der Waals surface area contributed by atoms with Crippen LogP contribution in [0, 0.1) is 0 Å². The molecule has 2 aromatic rings. The summed E-state index contributed by atoms with van der Waals surface area (Å²) in [4.78, 5) is 20.5. The van der Waals surface area contributed by atoms with Crippen LogP contribution in [0.25, 0.3) is 0 Å². The molecule has 7 heteroatoms. The molecule has 2 saturated heterocycles. The van der Waals surface area contributed by atoms with Gasteiger partial charge in [0.2, 0.25) is 0 Å². The third-order valence-electron chi connectivity index (χ3n) is 5.45. The maximum atomic E-state index is 4.54. The topological polar surface area (TPSA) is 59.9 Å². The lowest BCUT2D eigenvalue weighted by atomic mass is 10.2. The Kier molecular flexibility index (Phi) is 5.89. The SMILES string of the molecule is CN=C(NCc1ccnc(N2CCCC2)c1)N1CCN(c2ccccn2)CC1. The molecule has 7 nitrogen and oxygen atoms in total. The third kappa shape index (κ3) is 4.35. The number of pyridine rings is 2. The highest BCUT2D eigenvalue weighted by Gasteiger charge is 2.20. The van der Waals surface area contributed by atoms with E-state index in [1.807, 2.05) is 31.6 Å². The molecule has 2 aliphatic rings. The maximum absolute atomic E-state index is 4.54. The molecular weight excluding hydrogens is 350 g/mol. The van der Waals surface area contributed by atoms with Crippen LogP contribution in [0.15, 0.2) is 47.7 Å². The molecule has 0 aromatic carbocycles. The van der Waals surface area contributed by atoms with Gasteiger partial charge in [-0.15, -0.1) is 0 Å². The number of anilines is 2. The average Bonchev–Trinajstić information content (AvgIpc) is 3.31. The van der Waals surface area contributed by atoms with E-state index in [1.54, 1.807) is 0 Å². The number of aliphatic imine (C=N–C) groups is 1. The normalized spacial score (nSPS) is 17.9. The molecule has 0 atom stereocenters. The predicted molar refractivity (Wildman–Crippen MR) is 114 cm³/mol. The average molecular weight is 380 g/mol. The molecule has 0 unspecified atom stereocenters. The smallest absolute Gasteiger partial charge is 0.194 e. The molecule has 4 heterocycles. The highest BCUT2D eigenvalue weighted by Crippen LogP contribution is 2.18. The van der Waals surface area contributed by atoms with Crippen LogP contribution >= 0.6 is 0 Å². The van der Waals surface area contributed by atoms with Crippen LogP contribution in [0.5, 0.6) is 0 Å². The molecular formula is C21H29N7. The molecule has 2 aromatic heterocycles. The summed E-state index contributed by atoms with van der Waals surface area (Å²) in [6, 6.07) is 10.4. The number of hydrogen-bond donors (Lipinski definition) is 1. The van der Waals surface area contributed by atoms with Crippen molar-refractivity contribution < 1.29 is 0 Å². The van der Waals surface area contributed by atoms with Crippen LogP contribution < -0.4 is 15.1 Å². The number of hydrogen-bond acceptors (Lipinski definition) is 5. The van der Waals surface area contributed by atoms with E-state index in [-0.39, 0.29) is 0 Å². The monoisotopic (exact) mass is 379 g/mol. The zero-order valence-electron chi connectivity index (χ0n) is 16.6. The minimum Gasteiger partial charge on any atom is -0.357 e. The van der Waals surface area contributed by atoms with Gasteiger partial charge in [-0.2, -0.15) is 0 Å². The lowest BCUT2D eigenvalue weighted by Crippen LogP contribution is -2.52. The summed E-state index contributed by atoms with van der Waals surface area (Å²) in [5.74, 6) is 3.10. The van der Waals surface area contributed by atoms with Gasteiger partial charge in [0.25, 0.3) is 0 Å². The van der Waals surface area contributed by atoms with Crippen molar-refractivity contribution in [2.45, 2.75) is 19.4 Å². The largest absolute Gasteiger partial charge is 0.357 e. The van der Waals surface area contributed by atoms with Gasteiger partial charge in [-0.25, -0.2) is 9.97 Å². The first kappa shape index (κ1) is 18.5. The van der Waals surface area contributed by atoms with Crippen LogP contribution in [0.2, 0.25) is 0 Å². The first-order chi connectivity index (χ1) is 13.8. The summed E-state index contributed by atoms with van der Waals surface area (Å²) in [6.45, 7) is 6.77. The predicted octanol–water partition coefficient (Wildman–Crippen LogP) is 1.97. The zero-order valence-corrected chi connectivity index (χ0v) is 16.6. The van der Waals surface area contributed by atoms with Crippen molar-refractivity contribution in [1.29, 1.82) is 0 Å². The molecule has 4 rings (SSSR count). The van der Waals surface area contributed by atoms with Crippen molar-refractivity contribution in [3.05, 3.63) is 48.3 Å². The Balaban J connectivity index is 1.31. The van der Waals surface area contributed by atoms with E-state index in [2.05, 4.69) is 53.2 Å². The molecule has 28 heavy (non-hydrogen) atoms. The Morgan fingerprint density at radius 3 is 2.39 bits per heavy atom. The lowest BCUT2D eigenvalue weighted by Gasteiger charge is -2.37. The van der Waals surface area contributed by atoms with E-state index >= 15 is 0 Å². The maximum Gasteiger partial charge on any atom is 0.194 e. The Morgan fingerprint density at radius 1 is 0.929 bits per heavy atom. The number of nitrogens with one attached hydrogen (secondary N) is 1. The van der Waals surface area contributed by atoms with Crippen LogP contribution in [-0.4, -0.2) is 67.1 Å². The quantitative estimate of drug-likeness (QED) is 0.647. The number of guanidine groups is 1. The van der Waals surface area contributed by atoms with E-state index in [4.69, 9.17) is 0 Å². The zero-order chi connectivity index (χ0) is 19.2. The number of aromatic nitrogens is 2. The van der Waals surface area contributed by atoms with Gasteiger partial charge in [-0.3, -0.25) is 4.99 Å². The van der Waals surface area contributed by atoms with Crippen molar-refractivity contribution in [1.82, 2.24) is 20.2 Å². The van der Waals surface area contributed by atoms with Gasteiger partial charge < -0.3 is 20.0 Å². The molecule has 2 fully saturated rings. The third-order valence-corrected chi connectivity index (χ3v) is 5.45. The fourth-order valence-corrected chi connectivity index (χ4v) is 3.89. The number of piperazine rings is 1. The van der Waals surface area contributed by atoms with E-state index in [0.717, 1.165) is 63.4 Å². The van der Waals surface area contributed by atoms with Gasteiger partial charge in [0.15, 0.2) is 5.96 Å². The van der Waals surface area contributed by atoms with Crippen molar-refractivity contribution >= 4 is 17.6 Å². The number of nitrogens with zero attached hydrogens (tertiary/aromatic N) is 6. The second-order valence-corrected chi connectivity index (χ2v) is 7.28. The van der Waals surface area contributed by atoms with E-state index in [9.17, 15) is 0 Å². The van der Waals surface area contributed by atoms with Crippen molar-refractivity contribution in [2.24, 2.45) is 4.99 Å². The summed E-state index contributed by atoms with van der Waals surface area (Å²) in [5, 5.41) is 3.52. The summed E-state index contributed by atoms with van der Waals surface area (Å²) >= 11 is 0. The fraction of sp³-hybridized carbons (Fsp3) is 0.476. The van der Waals surface area contributed by atoms with Crippen LogP contribution in [0.1, 0.15) is 18.4 Å². The van der Waals surface area contributed by atoms with Crippen LogP contribution in [0.4, 0.5) is 11.6 Å². The Hall–Kier alpha value is -2.83. The van der Waals surface area contributed by atoms with E-state index in [1.165, 1.54) is 18.4 Å². The first-order valence-electron chi connectivity index (χ1n) is 10.1. The Bertz CT molecular complexity index is 778. The second-order valence-electron chi connectivity index (χ2n) is 7.28. The van der Waals surface area contributed by atoms with Gasteiger partial charge in [0.05, 0.1) is 0 Å². The van der Waals surface area contributed by atoms with Gasteiger partial charge in [0.1, 0.15) is 11.6 Å². The molecule has 1 N–H and O–H groups in total. The fourth-order valence-electron chi connectivity index (χ4n) is 3.89.